The Bertz CT molecular complexity index is 470. The average molecular weight is 236 g/mol. The molecular formula is C12H16N2O3. The van der Waals surface area contributed by atoms with E-state index in [1.165, 1.54) is 0 Å². The first kappa shape index (κ1) is 11.7. The smallest absolute Gasteiger partial charge is 0.352 e. The van der Waals surface area contributed by atoms with Gasteiger partial charge < -0.3 is 15.0 Å². The molecule has 1 amide bonds. The van der Waals surface area contributed by atoms with E-state index < -0.39 is 5.97 Å². The van der Waals surface area contributed by atoms with Crippen molar-refractivity contribution in [1.82, 2.24) is 9.88 Å². The molecule has 1 fully saturated rings. The molecule has 5 nitrogen and oxygen atoms in total. The molecule has 1 saturated heterocycles. The van der Waals surface area contributed by atoms with Gasteiger partial charge in [0.25, 0.3) is 5.91 Å². The molecule has 0 bridgehead atoms. The SMILES string of the molecule is Cc1[nH]c(C(=O)O)c(C)c1C(=O)N1CCCC1. The zero-order valence-corrected chi connectivity index (χ0v) is 10.0. The summed E-state index contributed by atoms with van der Waals surface area (Å²) in [5.41, 5.74) is 1.80. The summed E-state index contributed by atoms with van der Waals surface area (Å²) in [6, 6.07) is 0. The molecule has 0 aromatic carbocycles. The van der Waals surface area contributed by atoms with Crippen molar-refractivity contribution in [3.63, 3.8) is 0 Å². The standard InChI is InChI=1S/C12H16N2O3/c1-7-9(8(2)13-10(7)12(16)17)11(15)14-5-3-4-6-14/h13H,3-6H2,1-2H3,(H,16,17). The molecular weight excluding hydrogens is 220 g/mol. The van der Waals surface area contributed by atoms with E-state index in [9.17, 15) is 9.59 Å². The number of rotatable bonds is 2. The third-order valence-corrected chi connectivity index (χ3v) is 3.26. The summed E-state index contributed by atoms with van der Waals surface area (Å²) >= 11 is 0. The molecule has 1 aromatic rings. The lowest BCUT2D eigenvalue weighted by atomic mass is 10.1. The van der Waals surface area contributed by atoms with Gasteiger partial charge in [-0.25, -0.2) is 4.79 Å². The predicted octanol–water partition coefficient (Wildman–Crippen LogP) is 1.57. The fourth-order valence-electron chi connectivity index (χ4n) is 2.36. The fourth-order valence-corrected chi connectivity index (χ4v) is 2.36. The average Bonchev–Trinajstić information content (AvgIpc) is 2.86. The molecule has 1 aliphatic heterocycles. The number of hydrogen-bond acceptors (Lipinski definition) is 2. The van der Waals surface area contributed by atoms with Crippen LogP contribution in [0.3, 0.4) is 0 Å². The van der Waals surface area contributed by atoms with Crippen molar-refractivity contribution in [2.75, 3.05) is 13.1 Å². The molecule has 0 spiro atoms. The van der Waals surface area contributed by atoms with Crippen LogP contribution < -0.4 is 0 Å². The first-order valence-corrected chi connectivity index (χ1v) is 5.74. The van der Waals surface area contributed by atoms with Crippen molar-refractivity contribution in [2.45, 2.75) is 26.7 Å². The molecule has 0 radical (unpaired) electrons. The zero-order valence-electron chi connectivity index (χ0n) is 10.0. The molecule has 0 atom stereocenters. The largest absolute Gasteiger partial charge is 0.477 e. The van der Waals surface area contributed by atoms with Crippen molar-refractivity contribution >= 4 is 11.9 Å². The van der Waals surface area contributed by atoms with Crippen LogP contribution in [0.25, 0.3) is 0 Å². The molecule has 2 N–H and O–H groups in total. The normalized spacial score (nSPS) is 15.3. The van der Waals surface area contributed by atoms with Gasteiger partial charge in [-0.15, -0.1) is 0 Å². The van der Waals surface area contributed by atoms with Gasteiger partial charge in [0.2, 0.25) is 0 Å². The van der Waals surface area contributed by atoms with Crippen LogP contribution in [0.4, 0.5) is 0 Å². The van der Waals surface area contributed by atoms with Crippen LogP contribution in [-0.2, 0) is 0 Å². The van der Waals surface area contributed by atoms with E-state index in [1.807, 2.05) is 0 Å². The highest BCUT2D eigenvalue weighted by atomic mass is 16.4. The summed E-state index contributed by atoms with van der Waals surface area (Å²) in [5.74, 6) is -1.08. The number of carboxylic acids is 1. The van der Waals surface area contributed by atoms with Crippen LogP contribution in [0.2, 0.25) is 0 Å². The number of aryl methyl sites for hydroxylation is 1. The molecule has 0 aliphatic carbocycles. The molecule has 0 saturated carbocycles. The third kappa shape index (κ3) is 1.92. The van der Waals surface area contributed by atoms with E-state index in [0.717, 1.165) is 25.9 Å². The summed E-state index contributed by atoms with van der Waals surface area (Å²) in [7, 11) is 0. The van der Waals surface area contributed by atoms with Crippen molar-refractivity contribution in [2.24, 2.45) is 0 Å². The van der Waals surface area contributed by atoms with Gasteiger partial charge >= 0.3 is 5.97 Å². The van der Waals surface area contributed by atoms with Crippen LogP contribution in [-0.4, -0.2) is 40.0 Å². The summed E-state index contributed by atoms with van der Waals surface area (Å²) in [6.45, 7) is 4.95. The molecule has 2 rings (SSSR count). The highest BCUT2D eigenvalue weighted by Crippen LogP contribution is 2.21. The number of nitrogens with one attached hydrogen (secondary N) is 1. The summed E-state index contributed by atoms with van der Waals surface area (Å²) in [6.07, 6.45) is 2.06. The quantitative estimate of drug-likeness (QED) is 0.818. The molecule has 1 aliphatic rings. The van der Waals surface area contributed by atoms with Crippen LogP contribution in [0, 0.1) is 13.8 Å². The molecule has 0 unspecified atom stereocenters. The van der Waals surface area contributed by atoms with Crippen molar-refractivity contribution in [3.05, 3.63) is 22.5 Å². The van der Waals surface area contributed by atoms with Gasteiger partial charge in [-0.1, -0.05) is 0 Å². The summed E-state index contributed by atoms with van der Waals surface area (Å²) in [5, 5.41) is 8.99. The second kappa shape index (κ2) is 4.24. The lowest BCUT2D eigenvalue weighted by molar-refractivity contribution is 0.0690. The maximum absolute atomic E-state index is 12.2. The van der Waals surface area contributed by atoms with Gasteiger partial charge in [-0.3, -0.25) is 4.79 Å². The lowest BCUT2D eigenvalue weighted by Gasteiger charge is -2.15. The van der Waals surface area contributed by atoms with E-state index in [0.29, 0.717) is 16.8 Å². The Labute approximate surface area is 99.4 Å². The Morgan fingerprint density at radius 2 is 1.82 bits per heavy atom. The van der Waals surface area contributed by atoms with E-state index >= 15 is 0 Å². The Morgan fingerprint density at radius 3 is 2.29 bits per heavy atom. The molecule has 92 valence electrons. The second-order valence-electron chi connectivity index (χ2n) is 4.43. The van der Waals surface area contributed by atoms with Crippen molar-refractivity contribution < 1.29 is 14.7 Å². The van der Waals surface area contributed by atoms with Crippen molar-refractivity contribution in [1.29, 1.82) is 0 Å². The van der Waals surface area contributed by atoms with Gasteiger partial charge in [-0.2, -0.15) is 0 Å². The number of carbonyl (C=O) groups is 2. The first-order chi connectivity index (χ1) is 8.02. The van der Waals surface area contributed by atoms with Crippen LogP contribution in [0.5, 0.6) is 0 Å². The first-order valence-electron chi connectivity index (χ1n) is 5.74. The molecule has 17 heavy (non-hydrogen) atoms. The highest BCUT2D eigenvalue weighted by Gasteiger charge is 2.26. The van der Waals surface area contributed by atoms with Gasteiger partial charge in [0.05, 0.1) is 5.56 Å². The maximum atomic E-state index is 12.2. The minimum absolute atomic E-state index is 0.0544. The molecule has 1 aromatic heterocycles. The number of hydrogen-bond donors (Lipinski definition) is 2. The topological polar surface area (TPSA) is 73.4 Å². The van der Waals surface area contributed by atoms with Gasteiger partial charge in [0, 0.05) is 18.8 Å². The van der Waals surface area contributed by atoms with Crippen LogP contribution in [0.15, 0.2) is 0 Å². The number of carbonyl (C=O) groups excluding carboxylic acids is 1. The van der Waals surface area contributed by atoms with Crippen LogP contribution in [0.1, 0.15) is 44.9 Å². The number of aromatic amines is 1. The number of likely N-dealkylation sites (tertiary alicyclic amines) is 1. The number of H-pyrrole nitrogens is 1. The minimum atomic E-state index is -1.02. The van der Waals surface area contributed by atoms with Crippen molar-refractivity contribution in [3.8, 4) is 0 Å². The van der Waals surface area contributed by atoms with E-state index in [2.05, 4.69) is 4.98 Å². The van der Waals surface area contributed by atoms with E-state index in [1.54, 1.807) is 18.7 Å². The number of aromatic nitrogens is 1. The van der Waals surface area contributed by atoms with Gasteiger partial charge in [0.15, 0.2) is 0 Å². The Hall–Kier alpha value is -1.78. The lowest BCUT2D eigenvalue weighted by Crippen LogP contribution is -2.28. The summed E-state index contributed by atoms with van der Waals surface area (Å²) in [4.78, 5) is 27.8. The third-order valence-electron chi connectivity index (χ3n) is 3.26. The number of aromatic carboxylic acids is 1. The van der Waals surface area contributed by atoms with E-state index in [4.69, 9.17) is 5.11 Å². The monoisotopic (exact) mass is 236 g/mol. The molecule has 2 heterocycles. The zero-order chi connectivity index (χ0) is 12.6. The fraction of sp³-hybridized carbons (Fsp3) is 0.500. The highest BCUT2D eigenvalue weighted by molar-refractivity contribution is 6.00. The second-order valence-corrected chi connectivity index (χ2v) is 4.43. The number of amides is 1. The van der Waals surface area contributed by atoms with Crippen LogP contribution >= 0.6 is 0 Å². The molecule has 5 heteroatoms. The number of nitrogens with zero attached hydrogens (tertiary/aromatic N) is 1. The Balaban J connectivity index is 2.37. The maximum Gasteiger partial charge on any atom is 0.352 e. The Kier molecular flexibility index (Phi) is 2.92. The number of carboxylic acid groups (broad SMARTS) is 1. The van der Waals surface area contributed by atoms with Gasteiger partial charge in [0.1, 0.15) is 5.69 Å². The predicted molar refractivity (Wildman–Crippen MR) is 62.4 cm³/mol. The summed E-state index contributed by atoms with van der Waals surface area (Å²) < 4.78 is 0. The van der Waals surface area contributed by atoms with Gasteiger partial charge in [-0.05, 0) is 32.3 Å². The van der Waals surface area contributed by atoms with E-state index in [-0.39, 0.29) is 11.6 Å². The minimum Gasteiger partial charge on any atom is -0.477 e. The Morgan fingerprint density at radius 1 is 1.24 bits per heavy atom.